The topological polar surface area (TPSA) is 98.1 Å². The molecule has 4 aromatic rings. The maximum Gasteiger partial charge on any atom is 0.274 e. The summed E-state index contributed by atoms with van der Waals surface area (Å²) in [5, 5.41) is 11.8. The van der Waals surface area contributed by atoms with Crippen molar-refractivity contribution in [3.8, 4) is 16.9 Å². The molecule has 0 saturated carbocycles. The number of hydrogen-bond acceptors (Lipinski definition) is 7. The van der Waals surface area contributed by atoms with Gasteiger partial charge in [0.1, 0.15) is 16.5 Å². The molecule has 0 radical (unpaired) electrons. The number of nitrogens with one attached hydrogen (secondary N) is 1. The van der Waals surface area contributed by atoms with Crippen LogP contribution in [0.5, 0.6) is 0 Å². The van der Waals surface area contributed by atoms with Crippen molar-refractivity contribution < 1.29 is 9.53 Å². The van der Waals surface area contributed by atoms with E-state index in [1.165, 1.54) is 0 Å². The van der Waals surface area contributed by atoms with Crippen LogP contribution in [0, 0.1) is 6.92 Å². The number of carbonyl (C=O) groups excluding carboxylic acids is 1. The highest BCUT2D eigenvalue weighted by Gasteiger charge is 2.15. The summed E-state index contributed by atoms with van der Waals surface area (Å²) in [4.78, 5) is 23.3. The zero-order valence-corrected chi connectivity index (χ0v) is 19.2. The summed E-state index contributed by atoms with van der Waals surface area (Å²) in [7, 11) is 0. The maximum atomic E-state index is 12.6. The molecular weight excluding hydrogens is 454 g/mol. The van der Waals surface area contributed by atoms with E-state index in [1.807, 2.05) is 37.5 Å². The van der Waals surface area contributed by atoms with Crippen molar-refractivity contribution in [3.63, 3.8) is 0 Å². The molecule has 1 amide bonds. The molecule has 9 nitrogen and oxygen atoms in total. The van der Waals surface area contributed by atoms with E-state index in [0.29, 0.717) is 24.6 Å². The van der Waals surface area contributed by atoms with Crippen LogP contribution in [0.3, 0.4) is 0 Å². The number of hydrogen-bond donors (Lipinski definition) is 1. The summed E-state index contributed by atoms with van der Waals surface area (Å²) in [6.07, 6.45) is 5.48. The monoisotopic (exact) mass is 475 g/mol. The van der Waals surface area contributed by atoms with Crippen LogP contribution in [0.2, 0.25) is 5.15 Å². The van der Waals surface area contributed by atoms with Gasteiger partial charge in [-0.05, 0) is 42.8 Å². The first kappa shape index (κ1) is 22.0. The molecule has 4 heterocycles. The van der Waals surface area contributed by atoms with E-state index < -0.39 is 0 Å². The smallest absolute Gasteiger partial charge is 0.274 e. The SMILES string of the molecule is Cc1ccc(NC(=O)c2cccc(Cl)n2)cc1-n1cc(-c2cncc(N3CCOCC3)c2)nn1. The lowest BCUT2D eigenvalue weighted by Gasteiger charge is -2.28. The summed E-state index contributed by atoms with van der Waals surface area (Å²) in [6, 6.07) is 12.6. The minimum absolute atomic E-state index is 0.241. The van der Waals surface area contributed by atoms with Crippen molar-refractivity contribution in [2.75, 3.05) is 36.5 Å². The fourth-order valence-corrected chi connectivity index (χ4v) is 3.90. The predicted octanol–water partition coefficient (Wildman–Crippen LogP) is 3.78. The highest BCUT2D eigenvalue weighted by atomic mass is 35.5. The molecule has 0 atom stereocenters. The molecule has 1 aromatic carbocycles. The Morgan fingerprint density at radius 1 is 1.12 bits per heavy atom. The lowest BCUT2D eigenvalue weighted by Crippen LogP contribution is -2.36. The normalized spacial score (nSPS) is 13.6. The second-order valence-electron chi connectivity index (χ2n) is 7.88. The largest absolute Gasteiger partial charge is 0.378 e. The molecule has 3 aromatic heterocycles. The molecular formula is C24H22ClN7O2. The Kier molecular flexibility index (Phi) is 6.20. The first-order chi connectivity index (χ1) is 16.6. The van der Waals surface area contributed by atoms with Crippen LogP contribution in [0.15, 0.2) is 61.1 Å². The van der Waals surface area contributed by atoms with Crippen molar-refractivity contribution in [1.82, 2.24) is 25.0 Å². The standard InChI is InChI=1S/C24H22ClN7O2/c1-16-5-6-18(27-24(33)20-3-2-4-23(25)28-20)12-22(16)32-15-21(29-30-32)17-11-19(14-26-13-17)31-7-9-34-10-8-31/h2-6,11-15H,7-10H2,1H3,(H,27,33). The van der Waals surface area contributed by atoms with Gasteiger partial charge in [-0.15, -0.1) is 5.10 Å². The Morgan fingerprint density at radius 2 is 1.97 bits per heavy atom. The molecule has 1 aliphatic rings. The first-order valence-corrected chi connectivity index (χ1v) is 11.2. The van der Waals surface area contributed by atoms with E-state index in [4.69, 9.17) is 16.3 Å². The molecule has 10 heteroatoms. The zero-order valence-electron chi connectivity index (χ0n) is 18.5. The number of amides is 1. The van der Waals surface area contributed by atoms with Gasteiger partial charge in [0.25, 0.3) is 5.91 Å². The maximum absolute atomic E-state index is 12.6. The molecule has 172 valence electrons. The molecule has 1 fully saturated rings. The third-order valence-electron chi connectivity index (χ3n) is 5.55. The van der Waals surface area contributed by atoms with E-state index in [-0.39, 0.29) is 16.8 Å². The van der Waals surface area contributed by atoms with Crippen molar-refractivity contribution in [1.29, 1.82) is 0 Å². The molecule has 0 spiro atoms. The van der Waals surface area contributed by atoms with Gasteiger partial charge in [0.05, 0.1) is 37.0 Å². The average Bonchev–Trinajstić information content (AvgIpc) is 3.36. The van der Waals surface area contributed by atoms with E-state index in [2.05, 4.69) is 36.6 Å². The van der Waals surface area contributed by atoms with Gasteiger partial charge in [-0.25, -0.2) is 9.67 Å². The number of carbonyl (C=O) groups is 1. The number of anilines is 2. The molecule has 5 rings (SSSR count). The van der Waals surface area contributed by atoms with Gasteiger partial charge in [0.15, 0.2) is 0 Å². The molecule has 1 saturated heterocycles. The number of pyridine rings is 2. The summed E-state index contributed by atoms with van der Waals surface area (Å²) >= 11 is 5.90. The molecule has 1 N–H and O–H groups in total. The number of aromatic nitrogens is 5. The average molecular weight is 476 g/mol. The number of rotatable bonds is 5. The minimum Gasteiger partial charge on any atom is -0.378 e. The van der Waals surface area contributed by atoms with Gasteiger partial charge in [-0.3, -0.25) is 9.78 Å². The number of benzene rings is 1. The predicted molar refractivity (Wildman–Crippen MR) is 130 cm³/mol. The van der Waals surface area contributed by atoms with E-state index in [0.717, 1.165) is 35.6 Å². The van der Waals surface area contributed by atoms with Crippen LogP contribution in [-0.2, 0) is 4.74 Å². The van der Waals surface area contributed by atoms with Crippen molar-refractivity contribution >= 4 is 28.9 Å². The van der Waals surface area contributed by atoms with Crippen LogP contribution >= 0.6 is 11.6 Å². The Bertz CT molecular complexity index is 1330. The summed E-state index contributed by atoms with van der Waals surface area (Å²) in [5.74, 6) is -0.345. The van der Waals surface area contributed by atoms with Gasteiger partial charge in [0.2, 0.25) is 0 Å². The highest BCUT2D eigenvalue weighted by Crippen LogP contribution is 2.25. The second kappa shape index (κ2) is 9.58. The van der Waals surface area contributed by atoms with Gasteiger partial charge in [0, 0.05) is 30.5 Å². The van der Waals surface area contributed by atoms with Crippen molar-refractivity contribution in [2.45, 2.75) is 6.92 Å². The second-order valence-corrected chi connectivity index (χ2v) is 8.27. The van der Waals surface area contributed by atoms with Crippen molar-refractivity contribution in [3.05, 3.63) is 77.5 Å². The Hall–Kier alpha value is -3.82. The van der Waals surface area contributed by atoms with Crippen LogP contribution in [0.4, 0.5) is 11.4 Å². The highest BCUT2D eigenvalue weighted by molar-refractivity contribution is 6.29. The Labute approximate surface area is 201 Å². The third kappa shape index (κ3) is 4.75. The Balaban J connectivity index is 1.38. The fourth-order valence-electron chi connectivity index (χ4n) is 3.74. The summed E-state index contributed by atoms with van der Waals surface area (Å²) in [6.45, 7) is 5.06. The molecule has 1 aliphatic heterocycles. The Morgan fingerprint density at radius 3 is 2.79 bits per heavy atom. The van der Waals surface area contributed by atoms with Gasteiger partial charge >= 0.3 is 0 Å². The fraction of sp³-hybridized carbons (Fsp3) is 0.208. The molecule has 34 heavy (non-hydrogen) atoms. The van der Waals surface area contributed by atoms with Crippen LogP contribution < -0.4 is 10.2 Å². The third-order valence-corrected chi connectivity index (χ3v) is 5.76. The summed E-state index contributed by atoms with van der Waals surface area (Å²) in [5.41, 5.74) is 5.25. The summed E-state index contributed by atoms with van der Waals surface area (Å²) < 4.78 is 7.13. The van der Waals surface area contributed by atoms with Gasteiger partial charge in [-0.1, -0.05) is 28.9 Å². The number of ether oxygens (including phenoxy) is 1. The molecule has 0 bridgehead atoms. The number of halogens is 1. The lowest BCUT2D eigenvalue weighted by molar-refractivity contribution is 0.102. The van der Waals surface area contributed by atoms with E-state index >= 15 is 0 Å². The quantitative estimate of drug-likeness (QED) is 0.438. The zero-order chi connectivity index (χ0) is 23.5. The van der Waals surface area contributed by atoms with Crippen LogP contribution in [-0.4, -0.2) is 57.2 Å². The van der Waals surface area contributed by atoms with Gasteiger partial charge < -0.3 is 15.0 Å². The molecule has 0 aliphatic carbocycles. The van der Waals surface area contributed by atoms with Crippen LogP contribution in [0.25, 0.3) is 16.9 Å². The van der Waals surface area contributed by atoms with Crippen molar-refractivity contribution in [2.24, 2.45) is 0 Å². The van der Waals surface area contributed by atoms with Gasteiger partial charge in [-0.2, -0.15) is 0 Å². The minimum atomic E-state index is -0.345. The van der Waals surface area contributed by atoms with Crippen LogP contribution in [0.1, 0.15) is 16.1 Å². The number of aryl methyl sites for hydroxylation is 1. The molecule has 0 unspecified atom stereocenters. The number of nitrogens with zero attached hydrogens (tertiary/aromatic N) is 6. The number of morpholine rings is 1. The first-order valence-electron chi connectivity index (χ1n) is 10.8. The van der Waals surface area contributed by atoms with E-state index in [9.17, 15) is 4.79 Å². The lowest BCUT2D eigenvalue weighted by atomic mass is 10.1. The van der Waals surface area contributed by atoms with E-state index in [1.54, 1.807) is 29.1 Å².